The third-order valence-corrected chi connectivity index (χ3v) is 3.41. The maximum Gasteiger partial charge on any atom is 0.129 e. The standard InChI is InChI=1S/C14H16N2O/c15-13-5-6-14(17-10-3-1-2-4-10)12-9-16-8-7-11(12)13/h5-10H,1-4,15H2. The Bertz CT molecular complexity index is 533. The molecule has 0 unspecified atom stereocenters. The SMILES string of the molecule is Nc1ccc(OC2CCCC2)c2cnccc12. The van der Waals surface area contributed by atoms with Crippen molar-refractivity contribution in [2.75, 3.05) is 5.73 Å². The maximum absolute atomic E-state index is 6.05. The molecule has 2 N–H and O–H groups in total. The first-order valence-corrected chi connectivity index (χ1v) is 6.13. The molecular formula is C14H16N2O. The van der Waals surface area contributed by atoms with Crippen LogP contribution in [-0.2, 0) is 0 Å². The molecule has 0 spiro atoms. The van der Waals surface area contributed by atoms with Crippen LogP contribution in [0.5, 0.6) is 5.75 Å². The number of nitrogen functional groups attached to an aromatic ring is 1. The molecule has 1 aromatic carbocycles. The summed E-state index contributed by atoms with van der Waals surface area (Å²) in [5.74, 6) is 0.911. The van der Waals surface area contributed by atoms with Crippen molar-refractivity contribution in [2.45, 2.75) is 31.8 Å². The van der Waals surface area contributed by atoms with Crippen molar-refractivity contribution in [3.05, 3.63) is 30.6 Å². The second-order valence-corrected chi connectivity index (χ2v) is 4.60. The van der Waals surface area contributed by atoms with Crippen molar-refractivity contribution in [2.24, 2.45) is 0 Å². The van der Waals surface area contributed by atoms with Gasteiger partial charge in [-0.3, -0.25) is 4.98 Å². The van der Waals surface area contributed by atoms with Crippen LogP contribution in [0.25, 0.3) is 10.8 Å². The Balaban J connectivity index is 2.01. The summed E-state index contributed by atoms with van der Waals surface area (Å²) < 4.78 is 6.05. The van der Waals surface area contributed by atoms with Crippen LogP contribution in [0.4, 0.5) is 5.69 Å². The molecule has 0 bridgehead atoms. The van der Waals surface area contributed by atoms with Crippen molar-refractivity contribution in [1.29, 1.82) is 0 Å². The number of anilines is 1. The predicted octanol–water partition coefficient (Wildman–Crippen LogP) is 3.14. The van der Waals surface area contributed by atoms with E-state index in [0.717, 1.165) is 35.1 Å². The van der Waals surface area contributed by atoms with Crippen LogP contribution >= 0.6 is 0 Å². The highest BCUT2D eigenvalue weighted by Crippen LogP contribution is 2.32. The molecule has 1 heterocycles. The highest BCUT2D eigenvalue weighted by Gasteiger charge is 2.17. The Morgan fingerprint density at radius 1 is 1.12 bits per heavy atom. The second kappa shape index (κ2) is 4.24. The molecule has 1 fully saturated rings. The van der Waals surface area contributed by atoms with Gasteiger partial charge in [-0.25, -0.2) is 0 Å². The van der Waals surface area contributed by atoms with Gasteiger partial charge < -0.3 is 10.5 Å². The highest BCUT2D eigenvalue weighted by atomic mass is 16.5. The fourth-order valence-electron chi connectivity index (χ4n) is 2.48. The van der Waals surface area contributed by atoms with E-state index in [2.05, 4.69) is 4.98 Å². The number of nitrogens with two attached hydrogens (primary N) is 1. The van der Waals surface area contributed by atoms with Crippen molar-refractivity contribution in [3.8, 4) is 5.75 Å². The molecule has 0 aliphatic heterocycles. The number of hydrogen-bond donors (Lipinski definition) is 1. The van der Waals surface area contributed by atoms with Gasteiger partial charge >= 0.3 is 0 Å². The lowest BCUT2D eigenvalue weighted by Gasteiger charge is -2.15. The normalized spacial score (nSPS) is 16.5. The first-order chi connectivity index (χ1) is 8.34. The van der Waals surface area contributed by atoms with Gasteiger partial charge in [-0.15, -0.1) is 0 Å². The first kappa shape index (κ1) is 10.4. The molecule has 1 saturated carbocycles. The molecule has 88 valence electrons. The lowest BCUT2D eigenvalue weighted by molar-refractivity contribution is 0.213. The van der Waals surface area contributed by atoms with Crippen molar-refractivity contribution in [3.63, 3.8) is 0 Å². The van der Waals surface area contributed by atoms with E-state index in [4.69, 9.17) is 10.5 Å². The Morgan fingerprint density at radius 2 is 1.94 bits per heavy atom. The van der Waals surface area contributed by atoms with Gasteiger partial charge in [0.2, 0.25) is 0 Å². The number of hydrogen-bond acceptors (Lipinski definition) is 3. The molecule has 2 aromatic rings. The van der Waals surface area contributed by atoms with Gasteiger partial charge in [-0.05, 0) is 43.9 Å². The van der Waals surface area contributed by atoms with E-state index in [1.54, 1.807) is 6.20 Å². The zero-order valence-corrected chi connectivity index (χ0v) is 9.73. The van der Waals surface area contributed by atoms with E-state index in [0.29, 0.717) is 6.10 Å². The maximum atomic E-state index is 6.05. The van der Waals surface area contributed by atoms with Crippen LogP contribution in [0, 0.1) is 0 Å². The molecule has 1 aliphatic carbocycles. The first-order valence-electron chi connectivity index (χ1n) is 6.13. The number of benzene rings is 1. The Hall–Kier alpha value is -1.77. The van der Waals surface area contributed by atoms with Gasteiger partial charge in [0.15, 0.2) is 0 Å². The minimum atomic E-state index is 0.363. The summed E-state index contributed by atoms with van der Waals surface area (Å²) in [4.78, 5) is 4.15. The summed E-state index contributed by atoms with van der Waals surface area (Å²) in [5.41, 5.74) is 6.73. The average Bonchev–Trinajstić information content (AvgIpc) is 2.86. The van der Waals surface area contributed by atoms with Crippen LogP contribution in [0.2, 0.25) is 0 Å². The van der Waals surface area contributed by atoms with Gasteiger partial charge in [0.05, 0.1) is 6.10 Å². The fraction of sp³-hybridized carbons (Fsp3) is 0.357. The van der Waals surface area contributed by atoms with Crippen molar-refractivity contribution >= 4 is 16.5 Å². The van der Waals surface area contributed by atoms with Crippen LogP contribution in [0.3, 0.4) is 0 Å². The van der Waals surface area contributed by atoms with Crippen molar-refractivity contribution < 1.29 is 4.74 Å². The fourth-order valence-corrected chi connectivity index (χ4v) is 2.48. The van der Waals surface area contributed by atoms with Crippen LogP contribution in [0.15, 0.2) is 30.6 Å². The molecule has 0 saturated heterocycles. The number of nitrogens with zero attached hydrogens (tertiary/aromatic N) is 1. The van der Waals surface area contributed by atoms with Gasteiger partial charge in [0, 0.05) is 28.9 Å². The third-order valence-electron chi connectivity index (χ3n) is 3.41. The van der Waals surface area contributed by atoms with Crippen LogP contribution < -0.4 is 10.5 Å². The Morgan fingerprint density at radius 3 is 2.76 bits per heavy atom. The van der Waals surface area contributed by atoms with Gasteiger partial charge in [0.25, 0.3) is 0 Å². The van der Waals surface area contributed by atoms with Gasteiger partial charge in [-0.1, -0.05) is 0 Å². The molecule has 0 atom stereocenters. The number of fused-ring (bicyclic) bond motifs is 1. The molecule has 3 rings (SSSR count). The lowest BCUT2D eigenvalue weighted by atomic mass is 10.1. The van der Waals surface area contributed by atoms with E-state index < -0.39 is 0 Å². The number of rotatable bonds is 2. The molecule has 1 aromatic heterocycles. The van der Waals surface area contributed by atoms with E-state index in [1.807, 2.05) is 24.4 Å². The summed E-state index contributed by atoms with van der Waals surface area (Å²) in [5, 5.41) is 2.04. The minimum Gasteiger partial charge on any atom is -0.490 e. The minimum absolute atomic E-state index is 0.363. The van der Waals surface area contributed by atoms with Crippen molar-refractivity contribution in [1.82, 2.24) is 4.98 Å². The Labute approximate surface area is 101 Å². The predicted molar refractivity (Wildman–Crippen MR) is 69.0 cm³/mol. The second-order valence-electron chi connectivity index (χ2n) is 4.60. The largest absolute Gasteiger partial charge is 0.490 e. The number of aromatic nitrogens is 1. The molecule has 3 nitrogen and oxygen atoms in total. The molecule has 1 aliphatic rings. The summed E-state index contributed by atoms with van der Waals surface area (Å²) in [6, 6.07) is 5.80. The van der Waals surface area contributed by atoms with Crippen LogP contribution in [0.1, 0.15) is 25.7 Å². The summed E-state index contributed by atoms with van der Waals surface area (Å²) >= 11 is 0. The monoisotopic (exact) mass is 228 g/mol. The molecule has 3 heteroatoms. The summed E-state index contributed by atoms with van der Waals surface area (Å²) in [6.45, 7) is 0. The molecule has 17 heavy (non-hydrogen) atoms. The lowest BCUT2D eigenvalue weighted by Crippen LogP contribution is -2.11. The highest BCUT2D eigenvalue weighted by molar-refractivity contribution is 5.96. The topological polar surface area (TPSA) is 48.1 Å². The average molecular weight is 228 g/mol. The zero-order valence-electron chi connectivity index (χ0n) is 9.73. The van der Waals surface area contributed by atoms with E-state index in [1.165, 1.54) is 12.8 Å². The molecule has 0 radical (unpaired) electrons. The van der Waals surface area contributed by atoms with Gasteiger partial charge in [-0.2, -0.15) is 0 Å². The van der Waals surface area contributed by atoms with Gasteiger partial charge in [0.1, 0.15) is 5.75 Å². The third kappa shape index (κ3) is 1.93. The zero-order chi connectivity index (χ0) is 11.7. The number of pyridine rings is 1. The summed E-state index contributed by atoms with van der Waals surface area (Å²) in [7, 11) is 0. The smallest absolute Gasteiger partial charge is 0.129 e. The van der Waals surface area contributed by atoms with E-state index >= 15 is 0 Å². The molecular weight excluding hydrogens is 212 g/mol. The quantitative estimate of drug-likeness (QED) is 0.803. The Kier molecular flexibility index (Phi) is 2.59. The molecule has 0 amide bonds. The van der Waals surface area contributed by atoms with Crippen LogP contribution in [-0.4, -0.2) is 11.1 Å². The number of ether oxygens (including phenoxy) is 1. The van der Waals surface area contributed by atoms with E-state index in [9.17, 15) is 0 Å². The van der Waals surface area contributed by atoms with E-state index in [-0.39, 0.29) is 0 Å². The summed E-state index contributed by atoms with van der Waals surface area (Å²) in [6.07, 6.45) is 8.82.